The lowest BCUT2D eigenvalue weighted by molar-refractivity contribution is 0.202. The highest BCUT2D eigenvalue weighted by Gasteiger charge is 2.20. The Hall–Kier alpha value is -0.340. The van der Waals surface area contributed by atoms with E-state index < -0.39 is 0 Å². The molecule has 1 rings (SSSR count). The quantitative estimate of drug-likeness (QED) is 0.631. The number of likely N-dealkylation sites (tertiary alicyclic amines) is 1. The molecule has 2 nitrogen and oxygen atoms in total. The second kappa shape index (κ2) is 10.4. The van der Waals surface area contributed by atoms with Gasteiger partial charge in [-0.2, -0.15) is 0 Å². The lowest BCUT2D eigenvalue weighted by Gasteiger charge is -2.34. The number of rotatable bonds is 9. The zero-order valence-corrected chi connectivity index (χ0v) is 14.3. The molecule has 0 aromatic heterocycles. The van der Waals surface area contributed by atoms with Gasteiger partial charge in [-0.25, -0.2) is 0 Å². The first-order valence-corrected chi connectivity index (χ1v) is 8.77. The van der Waals surface area contributed by atoms with E-state index in [0.717, 1.165) is 18.6 Å². The standard InChI is InChI=1S/C18H36N2/c1-5-7-9-17(8-6-2)19-18-11-14-20(15-12-18)13-10-16(3)4/h10,17-19H,5-9,11-15H2,1-4H3. The lowest BCUT2D eigenvalue weighted by atomic mass is 9.99. The fourth-order valence-electron chi connectivity index (χ4n) is 3.04. The molecule has 0 aromatic rings. The predicted octanol–water partition coefficient (Wildman–Crippen LogP) is 4.37. The summed E-state index contributed by atoms with van der Waals surface area (Å²) in [6.07, 6.45) is 11.7. The third kappa shape index (κ3) is 7.44. The van der Waals surface area contributed by atoms with E-state index in [1.807, 2.05) is 0 Å². The maximum absolute atomic E-state index is 3.94. The molecule has 1 aliphatic rings. The maximum atomic E-state index is 3.94. The molecule has 1 heterocycles. The van der Waals surface area contributed by atoms with Crippen LogP contribution >= 0.6 is 0 Å². The first-order valence-electron chi connectivity index (χ1n) is 8.77. The van der Waals surface area contributed by atoms with Crippen LogP contribution in [-0.2, 0) is 0 Å². The van der Waals surface area contributed by atoms with E-state index in [2.05, 4.69) is 44.0 Å². The Labute approximate surface area is 127 Å². The van der Waals surface area contributed by atoms with E-state index in [0.29, 0.717) is 0 Å². The molecule has 0 amide bonds. The van der Waals surface area contributed by atoms with Crippen molar-refractivity contribution in [3.63, 3.8) is 0 Å². The summed E-state index contributed by atoms with van der Waals surface area (Å²) in [5, 5.41) is 3.94. The molecule has 2 heteroatoms. The molecule has 1 N–H and O–H groups in total. The predicted molar refractivity (Wildman–Crippen MR) is 90.2 cm³/mol. The highest BCUT2D eigenvalue weighted by molar-refractivity contribution is 4.95. The maximum Gasteiger partial charge on any atom is 0.0165 e. The van der Waals surface area contributed by atoms with Gasteiger partial charge in [-0.15, -0.1) is 0 Å². The van der Waals surface area contributed by atoms with Crippen LogP contribution in [0.5, 0.6) is 0 Å². The highest BCUT2D eigenvalue weighted by atomic mass is 15.1. The van der Waals surface area contributed by atoms with Crippen LogP contribution in [0, 0.1) is 0 Å². The molecule has 0 saturated carbocycles. The second-order valence-electron chi connectivity index (χ2n) is 6.65. The van der Waals surface area contributed by atoms with Crippen molar-refractivity contribution in [2.45, 2.75) is 84.7 Å². The molecular formula is C18H36N2. The first-order chi connectivity index (χ1) is 9.65. The monoisotopic (exact) mass is 280 g/mol. The topological polar surface area (TPSA) is 15.3 Å². The lowest BCUT2D eigenvalue weighted by Crippen LogP contribution is -2.46. The van der Waals surface area contributed by atoms with Crippen molar-refractivity contribution in [2.24, 2.45) is 0 Å². The van der Waals surface area contributed by atoms with Crippen LogP contribution in [0.25, 0.3) is 0 Å². The fourth-order valence-corrected chi connectivity index (χ4v) is 3.04. The van der Waals surface area contributed by atoms with Gasteiger partial charge in [-0.05, 0) is 52.6 Å². The Bertz CT molecular complexity index is 261. The van der Waals surface area contributed by atoms with Crippen LogP contribution < -0.4 is 5.32 Å². The minimum absolute atomic E-state index is 0.756. The molecule has 118 valence electrons. The van der Waals surface area contributed by atoms with E-state index in [1.165, 1.54) is 63.6 Å². The Morgan fingerprint density at radius 2 is 1.85 bits per heavy atom. The largest absolute Gasteiger partial charge is 0.311 e. The Kier molecular flexibility index (Phi) is 9.21. The summed E-state index contributed by atoms with van der Waals surface area (Å²) in [7, 11) is 0. The highest BCUT2D eigenvalue weighted by Crippen LogP contribution is 2.14. The van der Waals surface area contributed by atoms with E-state index >= 15 is 0 Å². The third-order valence-corrected chi connectivity index (χ3v) is 4.36. The van der Waals surface area contributed by atoms with E-state index in [1.54, 1.807) is 0 Å². The number of hydrogen-bond donors (Lipinski definition) is 1. The molecule has 0 aromatic carbocycles. The van der Waals surface area contributed by atoms with E-state index in [9.17, 15) is 0 Å². The minimum atomic E-state index is 0.756. The van der Waals surface area contributed by atoms with Crippen molar-refractivity contribution in [1.29, 1.82) is 0 Å². The summed E-state index contributed by atoms with van der Waals surface area (Å²) >= 11 is 0. The molecule has 1 aliphatic heterocycles. The number of hydrogen-bond acceptors (Lipinski definition) is 2. The van der Waals surface area contributed by atoms with Gasteiger partial charge in [0.2, 0.25) is 0 Å². The Morgan fingerprint density at radius 3 is 2.40 bits per heavy atom. The van der Waals surface area contributed by atoms with Gasteiger partial charge in [-0.1, -0.05) is 44.8 Å². The van der Waals surface area contributed by atoms with Gasteiger partial charge < -0.3 is 5.32 Å². The number of allylic oxidation sites excluding steroid dienone is 1. The van der Waals surface area contributed by atoms with Crippen molar-refractivity contribution >= 4 is 0 Å². The average Bonchev–Trinajstić information content (AvgIpc) is 2.44. The van der Waals surface area contributed by atoms with Gasteiger partial charge in [0, 0.05) is 18.6 Å². The first kappa shape index (κ1) is 17.7. The van der Waals surface area contributed by atoms with E-state index in [-0.39, 0.29) is 0 Å². The van der Waals surface area contributed by atoms with Crippen molar-refractivity contribution < 1.29 is 0 Å². The number of unbranched alkanes of at least 4 members (excludes halogenated alkanes) is 1. The van der Waals surface area contributed by atoms with E-state index in [4.69, 9.17) is 0 Å². The van der Waals surface area contributed by atoms with Crippen LogP contribution in [0.4, 0.5) is 0 Å². The van der Waals surface area contributed by atoms with Crippen LogP contribution in [-0.4, -0.2) is 36.6 Å². The zero-order valence-electron chi connectivity index (χ0n) is 14.3. The molecule has 1 unspecified atom stereocenters. The second-order valence-corrected chi connectivity index (χ2v) is 6.65. The summed E-state index contributed by atoms with van der Waals surface area (Å²) < 4.78 is 0. The van der Waals surface area contributed by atoms with Crippen molar-refractivity contribution in [1.82, 2.24) is 10.2 Å². The van der Waals surface area contributed by atoms with Gasteiger partial charge >= 0.3 is 0 Å². The van der Waals surface area contributed by atoms with Crippen molar-refractivity contribution in [2.75, 3.05) is 19.6 Å². The summed E-state index contributed by atoms with van der Waals surface area (Å²) in [5.41, 5.74) is 1.44. The van der Waals surface area contributed by atoms with Crippen LogP contribution in [0.15, 0.2) is 11.6 Å². The molecule has 1 fully saturated rings. The molecule has 20 heavy (non-hydrogen) atoms. The number of nitrogens with one attached hydrogen (secondary N) is 1. The molecule has 0 aliphatic carbocycles. The summed E-state index contributed by atoms with van der Waals surface area (Å²) in [5.74, 6) is 0. The van der Waals surface area contributed by atoms with Crippen LogP contribution in [0.2, 0.25) is 0 Å². The third-order valence-electron chi connectivity index (χ3n) is 4.36. The molecule has 0 spiro atoms. The van der Waals surface area contributed by atoms with Gasteiger partial charge in [0.05, 0.1) is 0 Å². The molecule has 1 atom stereocenters. The van der Waals surface area contributed by atoms with Gasteiger partial charge in [0.1, 0.15) is 0 Å². The zero-order chi connectivity index (χ0) is 14.8. The van der Waals surface area contributed by atoms with Crippen LogP contribution in [0.3, 0.4) is 0 Å². The Morgan fingerprint density at radius 1 is 1.15 bits per heavy atom. The number of piperidine rings is 1. The molecule has 0 radical (unpaired) electrons. The normalized spacial score (nSPS) is 19.0. The Balaban J connectivity index is 2.27. The van der Waals surface area contributed by atoms with Gasteiger partial charge in [-0.3, -0.25) is 4.90 Å². The fraction of sp³-hybridized carbons (Fsp3) is 0.889. The van der Waals surface area contributed by atoms with Crippen LogP contribution in [0.1, 0.15) is 72.6 Å². The molecule has 0 bridgehead atoms. The average molecular weight is 281 g/mol. The number of nitrogens with zero attached hydrogens (tertiary/aromatic N) is 1. The molecule has 1 saturated heterocycles. The summed E-state index contributed by atoms with van der Waals surface area (Å²) in [6, 6.07) is 1.51. The van der Waals surface area contributed by atoms with Gasteiger partial charge in [0.15, 0.2) is 0 Å². The van der Waals surface area contributed by atoms with Crippen molar-refractivity contribution in [3.8, 4) is 0 Å². The van der Waals surface area contributed by atoms with Crippen molar-refractivity contribution in [3.05, 3.63) is 11.6 Å². The van der Waals surface area contributed by atoms with Gasteiger partial charge in [0.25, 0.3) is 0 Å². The summed E-state index contributed by atoms with van der Waals surface area (Å²) in [6.45, 7) is 12.6. The minimum Gasteiger partial charge on any atom is -0.311 e. The smallest absolute Gasteiger partial charge is 0.0165 e. The summed E-state index contributed by atoms with van der Waals surface area (Å²) in [4.78, 5) is 2.59. The molecular weight excluding hydrogens is 244 g/mol. The SMILES string of the molecule is CCCCC(CCC)NC1CCN(CC=C(C)C)CC1.